The molecule has 1 aromatic carbocycles. The summed E-state index contributed by atoms with van der Waals surface area (Å²) in [6.07, 6.45) is 1.71. The van der Waals surface area contributed by atoms with E-state index in [1.54, 1.807) is 31.3 Å². The molecule has 1 saturated heterocycles. The van der Waals surface area contributed by atoms with Crippen molar-refractivity contribution in [3.63, 3.8) is 0 Å². The molecule has 8 nitrogen and oxygen atoms in total. The number of carbonyl (C=O) groups is 2. The van der Waals surface area contributed by atoms with Crippen LogP contribution in [0.4, 0.5) is 11.5 Å². The van der Waals surface area contributed by atoms with Gasteiger partial charge in [-0.1, -0.05) is 0 Å². The van der Waals surface area contributed by atoms with E-state index in [0.717, 1.165) is 0 Å². The number of rotatable bonds is 5. The molecule has 0 spiro atoms. The first-order valence-electron chi connectivity index (χ1n) is 8.43. The number of nitrogens with one attached hydrogen (secondary N) is 1. The summed E-state index contributed by atoms with van der Waals surface area (Å²) in [6.45, 7) is 1.50. The lowest BCUT2D eigenvalue weighted by molar-refractivity contribution is 0.0741. The Morgan fingerprint density at radius 1 is 1.19 bits per heavy atom. The minimum Gasteiger partial charge on any atom is -0.340 e. The molecule has 0 radical (unpaired) electrons. The molecule has 3 rings (SSSR count). The minimum absolute atomic E-state index is 0.0199. The number of carbonyl (C=O) groups excluding carboxylic acids is 2. The van der Waals surface area contributed by atoms with Gasteiger partial charge in [0.2, 0.25) is 0 Å². The SMILES string of the molecule is CC(=O)c1ccc(Nc2cc(C(=O)N(C)C3CCS(=O)(=O)C3)ncn2)cc1. The Hall–Kier alpha value is -2.81. The van der Waals surface area contributed by atoms with Crippen molar-refractivity contribution in [1.29, 1.82) is 0 Å². The predicted octanol–water partition coefficient (Wildman–Crippen LogP) is 1.68. The van der Waals surface area contributed by atoms with Gasteiger partial charge in [-0.3, -0.25) is 9.59 Å². The lowest BCUT2D eigenvalue weighted by Gasteiger charge is -2.23. The van der Waals surface area contributed by atoms with Gasteiger partial charge < -0.3 is 10.2 Å². The Kier molecular flexibility index (Phi) is 5.22. The Morgan fingerprint density at radius 3 is 2.48 bits per heavy atom. The van der Waals surface area contributed by atoms with Crippen molar-refractivity contribution in [1.82, 2.24) is 14.9 Å². The number of amides is 1. The normalized spacial score (nSPS) is 18.1. The second-order valence-corrected chi connectivity index (χ2v) is 8.75. The van der Waals surface area contributed by atoms with Crippen molar-refractivity contribution in [3.8, 4) is 0 Å². The summed E-state index contributed by atoms with van der Waals surface area (Å²) in [7, 11) is -1.49. The first kappa shape index (κ1) is 19.0. The van der Waals surface area contributed by atoms with Crippen LogP contribution in [-0.4, -0.2) is 59.6 Å². The number of Topliss-reactive ketones (excluding diaryl/α,β-unsaturated/α-hetero) is 1. The number of nitrogens with zero attached hydrogens (tertiary/aromatic N) is 3. The van der Waals surface area contributed by atoms with Crippen molar-refractivity contribution >= 4 is 33.0 Å². The zero-order valence-electron chi connectivity index (χ0n) is 15.0. The number of benzene rings is 1. The molecule has 1 N–H and O–H groups in total. The van der Waals surface area contributed by atoms with Crippen LogP contribution in [0.3, 0.4) is 0 Å². The maximum absolute atomic E-state index is 12.6. The molecule has 1 fully saturated rings. The maximum Gasteiger partial charge on any atom is 0.272 e. The molecule has 9 heteroatoms. The molecule has 0 saturated carbocycles. The Labute approximate surface area is 157 Å². The average molecular weight is 388 g/mol. The summed E-state index contributed by atoms with van der Waals surface area (Å²) in [5.41, 5.74) is 1.50. The number of anilines is 2. The molecule has 0 bridgehead atoms. The molecule has 1 amide bonds. The van der Waals surface area contributed by atoms with Crippen molar-refractivity contribution < 1.29 is 18.0 Å². The third-order valence-corrected chi connectivity index (χ3v) is 6.28. The van der Waals surface area contributed by atoms with Crippen LogP contribution >= 0.6 is 0 Å². The van der Waals surface area contributed by atoms with E-state index in [0.29, 0.717) is 23.5 Å². The van der Waals surface area contributed by atoms with Gasteiger partial charge in [0.25, 0.3) is 5.91 Å². The summed E-state index contributed by atoms with van der Waals surface area (Å²) in [5, 5.41) is 3.06. The minimum atomic E-state index is -3.08. The second-order valence-electron chi connectivity index (χ2n) is 6.52. The molecule has 1 aliphatic heterocycles. The van der Waals surface area contributed by atoms with Crippen LogP contribution < -0.4 is 5.32 Å². The van der Waals surface area contributed by atoms with Gasteiger partial charge in [0.05, 0.1) is 11.5 Å². The lowest BCUT2D eigenvalue weighted by atomic mass is 10.1. The Bertz CT molecular complexity index is 973. The number of aromatic nitrogens is 2. The maximum atomic E-state index is 12.6. The summed E-state index contributed by atoms with van der Waals surface area (Å²) in [4.78, 5) is 33.5. The van der Waals surface area contributed by atoms with Gasteiger partial charge in [-0.2, -0.15) is 0 Å². The lowest BCUT2D eigenvalue weighted by Crippen LogP contribution is -2.38. The van der Waals surface area contributed by atoms with E-state index in [2.05, 4.69) is 15.3 Å². The summed E-state index contributed by atoms with van der Waals surface area (Å²) < 4.78 is 23.3. The summed E-state index contributed by atoms with van der Waals surface area (Å²) in [6, 6.07) is 8.07. The number of sulfone groups is 1. The standard InChI is InChI=1S/C18H20N4O4S/c1-12(23)13-3-5-14(6-4-13)21-17-9-16(19-11-20-17)18(24)22(2)15-7-8-27(25,26)10-15/h3-6,9,11,15H,7-8,10H2,1-2H3,(H,19,20,21). The van der Waals surface area contributed by atoms with Crippen molar-refractivity contribution in [2.24, 2.45) is 0 Å². The summed E-state index contributed by atoms with van der Waals surface area (Å²) >= 11 is 0. The van der Waals surface area contributed by atoms with E-state index >= 15 is 0 Å². The second kappa shape index (κ2) is 7.43. The Balaban J connectivity index is 1.73. The van der Waals surface area contributed by atoms with Crippen LogP contribution in [0.2, 0.25) is 0 Å². The fourth-order valence-electron chi connectivity index (χ4n) is 2.91. The van der Waals surface area contributed by atoms with Crippen LogP contribution in [0.1, 0.15) is 34.2 Å². The average Bonchev–Trinajstić information content (AvgIpc) is 3.01. The third-order valence-electron chi connectivity index (χ3n) is 4.53. The van der Waals surface area contributed by atoms with Gasteiger partial charge in [0.15, 0.2) is 15.6 Å². The van der Waals surface area contributed by atoms with Gasteiger partial charge in [-0.05, 0) is 37.6 Å². The smallest absolute Gasteiger partial charge is 0.272 e. The number of hydrogen-bond donors (Lipinski definition) is 1. The van der Waals surface area contributed by atoms with Crippen molar-refractivity contribution in [2.45, 2.75) is 19.4 Å². The number of hydrogen-bond acceptors (Lipinski definition) is 7. The van der Waals surface area contributed by atoms with E-state index in [4.69, 9.17) is 0 Å². The van der Waals surface area contributed by atoms with Gasteiger partial charge in [-0.25, -0.2) is 18.4 Å². The largest absolute Gasteiger partial charge is 0.340 e. The van der Waals surface area contributed by atoms with E-state index in [-0.39, 0.29) is 34.9 Å². The molecule has 1 atom stereocenters. The zero-order chi connectivity index (χ0) is 19.6. The van der Waals surface area contributed by atoms with Crippen molar-refractivity contribution in [2.75, 3.05) is 23.9 Å². The Morgan fingerprint density at radius 2 is 1.89 bits per heavy atom. The van der Waals surface area contributed by atoms with Crippen LogP contribution in [0.5, 0.6) is 0 Å². The molecule has 2 heterocycles. The monoisotopic (exact) mass is 388 g/mol. The molecule has 27 heavy (non-hydrogen) atoms. The van der Waals surface area contributed by atoms with E-state index < -0.39 is 9.84 Å². The van der Waals surface area contributed by atoms with Gasteiger partial charge in [-0.15, -0.1) is 0 Å². The predicted molar refractivity (Wildman–Crippen MR) is 101 cm³/mol. The zero-order valence-corrected chi connectivity index (χ0v) is 15.9. The van der Waals surface area contributed by atoms with E-state index in [1.807, 2.05) is 0 Å². The highest BCUT2D eigenvalue weighted by atomic mass is 32.2. The van der Waals surface area contributed by atoms with Gasteiger partial charge in [0.1, 0.15) is 17.8 Å². The number of ketones is 1. The first-order valence-corrected chi connectivity index (χ1v) is 10.2. The molecule has 1 aromatic heterocycles. The molecule has 142 valence electrons. The van der Waals surface area contributed by atoms with Crippen LogP contribution in [0.15, 0.2) is 36.7 Å². The highest BCUT2D eigenvalue weighted by Crippen LogP contribution is 2.20. The highest BCUT2D eigenvalue weighted by Gasteiger charge is 2.33. The fraction of sp³-hybridized carbons (Fsp3) is 0.333. The topological polar surface area (TPSA) is 109 Å². The molecule has 2 aromatic rings. The first-order chi connectivity index (χ1) is 12.7. The molecule has 1 unspecified atom stereocenters. The molecular weight excluding hydrogens is 368 g/mol. The third kappa shape index (κ3) is 4.48. The van der Waals surface area contributed by atoms with E-state index in [1.165, 1.54) is 24.2 Å². The molecular formula is C18H20N4O4S. The van der Waals surface area contributed by atoms with Crippen LogP contribution in [-0.2, 0) is 9.84 Å². The quantitative estimate of drug-likeness (QED) is 0.776. The molecule has 1 aliphatic rings. The highest BCUT2D eigenvalue weighted by molar-refractivity contribution is 7.91. The van der Waals surface area contributed by atoms with Gasteiger partial charge >= 0.3 is 0 Å². The van der Waals surface area contributed by atoms with Crippen LogP contribution in [0, 0.1) is 0 Å². The van der Waals surface area contributed by atoms with E-state index in [9.17, 15) is 18.0 Å². The fourth-order valence-corrected chi connectivity index (χ4v) is 4.68. The summed E-state index contributed by atoms with van der Waals surface area (Å²) in [5.74, 6) is 0.134. The van der Waals surface area contributed by atoms with Crippen LogP contribution in [0.25, 0.3) is 0 Å². The van der Waals surface area contributed by atoms with Crippen molar-refractivity contribution in [3.05, 3.63) is 47.9 Å². The molecule has 0 aliphatic carbocycles. The van der Waals surface area contributed by atoms with Gasteiger partial charge in [0, 0.05) is 30.4 Å².